The molecule has 0 spiro atoms. The van der Waals surface area contributed by atoms with Crippen molar-refractivity contribution in [2.75, 3.05) is 6.61 Å². The summed E-state index contributed by atoms with van der Waals surface area (Å²) >= 11 is 0. The van der Waals surface area contributed by atoms with Gasteiger partial charge in [0.05, 0.1) is 6.04 Å². The molecule has 0 fully saturated rings. The summed E-state index contributed by atoms with van der Waals surface area (Å²) < 4.78 is 0. The average Bonchev–Trinajstić information content (AvgIpc) is 2.50. The van der Waals surface area contributed by atoms with E-state index in [-0.39, 0.29) is 6.61 Å². The standard InChI is InChI=1S/C10H13NO/c12-6-5-8-7-11-10-4-2-1-3-9(8)10/h1-4,7,9-12H,5-6H2. The van der Waals surface area contributed by atoms with E-state index in [1.54, 1.807) is 0 Å². The molecule has 2 N–H and O–H groups in total. The summed E-state index contributed by atoms with van der Waals surface area (Å²) in [6.07, 6.45) is 11.3. The first-order valence-electron chi connectivity index (χ1n) is 4.32. The average molecular weight is 163 g/mol. The number of hydrogen-bond donors (Lipinski definition) is 2. The van der Waals surface area contributed by atoms with Crippen LogP contribution in [0.1, 0.15) is 6.42 Å². The Morgan fingerprint density at radius 3 is 3.00 bits per heavy atom. The predicted octanol–water partition coefficient (Wildman–Crippen LogP) is 0.967. The van der Waals surface area contributed by atoms with Crippen molar-refractivity contribution >= 4 is 0 Å². The maximum Gasteiger partial charge on any atom is 0.0542 e. The van der Waals surface area contributed by atoms with Crippen molar-refractivity contribution in [3.05, 3.63) is 36.1 Å². The van der Waals surface area contributed by atoms with E-state index in [4.69, 9.17) is 5.11 Å². The van der Waals surface area contributed by atoms with Crippen molar-refractivity contribution in [2.24, 2.45) is 5.92 Å². The third-order valence-electron chi connectivity index (χ3n) is 2.42. The lowest BCUT2D eigenvalue weighted by Gasteiger charge is -2.18. The monoisotopic (exact) mass is 163 g/mol. The zero-order valence-electron chi connectivity index (χ0n) is 6.90. The fourth-order valence-corrected chi connectivity index (χ4v) is 1.79. The topological polar surface area (TPSA) is 32.3 Å². The van der Waals surface area contributed by atoms with E-state index >= 15 is 0 Å². The molecule has 0 bridgehead atoms. The van der Waals surface area contributed by atoms with Gasteiger partial charge in [-0.3, -0.25) is 0 Å². The molecule has 1 heterocycles. The zero-order chi connectivity index (χ0) is 8.39. The Morgan fingerprint density at radius 2 is 2.17 bits per heavy atom. The van der Waals surface area contributed by atoms with E-state index in [1.807, 2.05) is 6.20 Å². The molecule has 0 saturated heterocycles. The Morgan fingerprint density at radius 1 is 1.33 bits per heavy atom. The van der Waals surface area contributed by atoms with Gasteiger partial charge in [0.15, 0.2) is 0 Å². The summed E-state index contributed by atoms with van der Waals surface area (Å²) in [5.74, 6) is 0.474. The molecular weight excluding hydrogens is 150 g/mol. The van der Waals surface area contributed by atoms with Crippen LogP contribution in [0, 0.1) is 5.92 Å². The Kier molecular flexibility index (Phi) is 2.00. The highest BCUT2D eigenvalue weighted by Gasteiger charge is 2.25. The summed E-state index contributed by atoms with van der Waals surface area (Å²) in [4.78, 5) is 0. The highest BCUT2D eigenvalue weighted by atomic mass is 16.2. The zero-order valence-corrected chi connectivity index (χ0v) is 6.90. The maximum absolute atomic E-state index is 8.81. The number of aliphatic hydroxyl groups excluding tert-OH is 1. The fourth-order valence-electron chi connectivity index (χ4n) is 1.79. The Balaban J connectivity index is 2.10. The number of rotatable bonds is 2. The number of fused-ring (bicyclic) bond motifs is 1. The molecule has 2 heteroatoms. The number of nitrogens with one attached hydrogen (secondary N) is 1. The smallest absolute Gasteiger partial charge is 0.0542 e. The van der Waals surface area contributed by atoms with Crippen molar-refractivity contribution < 1.29 is 5.11 Å². The Bertz CT molecular complexity index is 253. The molecule has 0 aromatic rings. The van der Waals surface area contributed by atoms with Crippen molar-refractivity contribution in [3.8, 4) is 0 Å². The van der Waals surface area contributed by atoms with Crippen LogP contribution in [-0.4, -0.2) is 17.8 Å². The second kappa shape index (κ2) is 3.15. The Labute approximate surface area is 72.3 Å². The van der Waals surface area contributed by atoms with Crippen LogP contribution in [0.2, 0.25) is 0 Å². The molecule has 12 heavy (non-hydrogen) atoms. The second-order valence-corrected chi connectivity index (χ2v) is 3.18. The van der Waals surface area contributed by atoms with Gasteiger partial charge in [0, 0.05) is 12.5 Å². The van der Waals surface area contributed by atoms with E-state index < -0.39 is 0 Å². The molecule has 2 aliphatic rings. The summed E-state index contributed by atoms with van der Waals surface area (Å²) in [6.45, 7) is 0.244. The van der Waals surface area contributed by atoms with Crippen molar-refractivity contribution in [1.82, 2.24) is 5.32 Å². The summed E-state index contributed by atoms with van der Waals surface area (Å²) in [5.41, 5.74) is 1.31. The molecule has 2 unspecified atom stereocenters. The maximum atomic E-state index is 8.81. The van der Waals surface area contributed by atoms with Crippen LogP contribution in [-0.2, 0) is 0 Å². The van der Waals surface area contributed by atoms with Gasteiger partial charge in [0.2, 0.25) is 0 Å². The van der Waals surface area contributed by atoms with E-state index in [1.165, 1.54) is 5.57 Å². The van der Waals surface area contributed by atoms with Gasteiger partial charge in [-0.25, -0.2) is 0 Å². The van der Waals surface area contributed by atoms with Crippen molar-refractivity contribution in [2.45, 2.75) is 12.5 Å². The summed E-state index contributed by atoms with van der Waals surface area (Å²) in [7, 11) is 0. The van der Waals surface area contributed by atoms with Gasteiger partial charge >= 0.3 is 0 Å². The lowest BCUT2D eigenvalue weighted by atomic mass is 9.90. The highest BCUT2D eigenvalue weighted by molar-refractivity contribution is 5.31. The van der Waals surface area contributed by atoms with Crippen LogP contribution in [0.15, 0.2) is 36.1 Å². The van der Waals surface area contributed by atoms with E-state index in [2.05, 4.69) is 29.6 Å². The Hall–Kier alpha value is -1.02. The molecule has 0 saturated carbocycles. The van der Waals surface area contributed by atoms with Gasteiger partial charge in [0.25, 0.3) is 0 Å². The number of allylic oxidation sites excluding steroid dienone is 2. The van der Waals surface area contributed by atoms with Crippen molar-refractivity contribution in [3.63, 3.8) is 0 Å². The molecule has 1 aliphatic heterocycles. The van der Waals surface area contributed by atoms with Crippen LogP contribution in [0.5, 0.6) is 0 Å². The molecule has 1 aliphatic carbocycles. The molecule has 2 nitrogen and oxygen atoms in total. The predicted molar refractivity (Wildman–Crippen MR) is 48.5 cm³/mol. The van der Waals surface area contributed by atoms with Crippen molar-refractivity contribution in [1.29, 1.82) is 0 Å². The van der Waals surface area contributed by atoms with Crippen LogP contribution >= 0.6 is 0 Å². The first kappa shape index (κ1) is 7.62. The largest absolute Gasteiger partial charge is 0.396 e. The lowest BCUT2D eigenvalue weighted by Crippen LogP contribution is -2.25. The number of aliphatic hydroxyl groups is 1. The van der Waals surface area contributed by atoms with Gasteiger partial charge in [-0.2, -0.15) is 0 Å². The molecule has 0 aromatic heterocycles. The second-order valence-electron chi connectivity index (χ2n) is 3.18. The third kappa shape index (κ3) is 1.18. The van der Waals surface area contributed by atoms with E-state index in [0.29, 0.717) is 12.0 Å². The third-order valence-corrected chi connectivity index (χ3v) is 2.42. The molecule has 2 atom stereocenters. The minimum Gasteiger partial charge on any atom is -0.396 e. The number of hydrogen-bond acceptors (Lipinski definition) is 2. The van der Waals surface area contributed by atoms with Crippen LogP contribution in [0.4, 0.5) is 0 Å². The van der Waals surface area contributed by atoms with Crippen LogP contribution < -0.4 is 5.32 Å². The first-order valence-corrected chi connectivity index (χ1v) is 4.32. The molecular formula is C10H13NO. The van der Waals surface area contributed by atoms with E-state index in [0.717, 1.165) is 6.42 Å². The summed E-state index contributed by atoms with van der Waals surface area (Å²) in [6, 6.07) is 0.427. The molecule has 2 rings (SSSR count). The van der Waals surface area contributed by atoms with Gasteiger partial charge in [-0.1, -0.05) is 24.3 Å². The van der Waals surface area contributed by atoms with Gasteiger partial charge in [-0.05, 0) is 18.2 Å². The lowest BCUT2D eigenvalue weighted by molar-refractivity contribution is 0.296. The minimum atomic E-state index is 0.244. The molecule has 0 amide bonds. The fraction of sp³-hybridized carbons (Fsp3) is 0.400. The molecule has 0 aromatic carbocycles. The van der Waals surface area contributed by atoms with Gasteiger partial charge < -0.3 is 10.4 Å². The first-order chi connectivity index (χ1) is 5.92. The summed E-state index contributed by atoms with van der Waals surface area (Å²) in [5, 5.41) is 12.1. The SMILES string of the molecule is OCCC1=CNC2C=CC=CC12. The molecule has 64 valence electrons. The molecule has 0 radical (unpaired) electrons. The normalized spacial score (nSPS) is 31.2. The van der Waals surface area contributed by atoms with E-state index in [9.17, 15) is 0 Å². The minimum absolute atomic E-state index is 0.244. The highest BCUT2D eigenvalue weighted by Crippen LogP contribution is 2.27. The van der Waals surface area contributed by atoms with Crippen LogP contribution in [0.25, 0.3) is 0 Å². The van der Waals surface area contributed by atoms with Crippen LogP contribution in [0.3, 0.4) is 0 Å². The van der Waals surface area contributed by atoms with Gasteiger partial charge in [0.1, 0.15) is 0 Å². The quantitative estimate of drug-likeness (QED) is 0.635. The van der Waals surface area contributed by atoms with Gasteiger partial charge in [-0.15, -0.1) is 0 Å².